The van der Waals surface area contributed by atoms with E-state index in [2.05, 4.69) is 15.4 Å². The van der Waals surface area contributed by atoms with Gasteiger partial charge in [-0.3, -0.25) is 11.3 Å². The van der Waals surface area contributed by atoms with Gasteiger partial charge in [-0.05, 0) is 37.0 Å². The topological polar surface area (TPSA) is 73.1 Å². The molecule has 6 heteroatoms. The molecule has 1 aromatic rings. The molecule has 1 aromatic heterocycles. The van der Waals surface area contributed by atoms with Crippen LogP contribution >= 0.6 is 11.8 Å². The summed E-state index contributed by atoms with van der Waals surface area (Å²) in [4.78, 5) is 8.31. The van der Waals surface area contributed by atoms with E-state index < -0.39 is 0 Å². The highest BCUT2D eigenvalue weighted by Crippen LogP contribution is 2.43. The smallest absolute Gasteiger partial charge is 0.115 e. The van der Waals surface area contributed by atoms with Crippen molar-refractivity contribution in [2.24, 2.45) is 11.8 Å². The third kappa shape index (κ3) is 2.76. The summed E-state index contributed by atoms with van der Waals surface area (Å²) in [6.45, 7) is 0.828. The Hall–Kier alpha value is -0.690. The zero-order valence-corrected chi connectivity index (χ0v) is 11.7. The highest BCUT2D eigenvalue weighted by atomic mass is 32.2. The minimum absolute atomic E-state index is 0.0791. The second-order valence-electron chi connectivity index (χ2n) is 5.37. The van der Waals surface area contributed by atoms with E-state index in [0.29, 0.717) is 5.92 Å². The van der Waals surface area contributed by atoms with Crippen LogP contribution in [-0.4, -0.2) is 33.7 Å². The number of thioether (sulfide) groups is 1. The maximum atomic E-state index is 6.07. The molecule has 0 saturated carbocycles. The van der Waals surface area contributed by atoms with Gasteiger partial charge < -0.3 is 4.74 Å². The van der Waals surface area contributed by atoms with E-state index in [0.717, 1.165) is 37.3 Å². The van der Waals surface area contributed by atoms with E-state index >= 15 is 0 Å². The predicted octanol–water partition coefficient (Wildman–Crippen LogP) is 1.28. The maximum Gasteiger partial charge on any atom is 0.115 e. The zero-order valence-electron chi connectivity index (χ0n) is 10.9. The summed E-state index contributed by atoms with van der Waals surface area (Å²) < 4.78 is 6.07. The molecule has 3 atom stereocenters. The first kappa shape index (κ1) is 13.3. The first-order valence-corrected chi connectivity index (χ1v) is 7.92. The number of hydrazine groups is 1. The molecule has 5 nitrogen and oxygen atoms in total. The summed E-state index contributed by atoms with van der Waals surface area (Å²) in [5, 5.41) is 0. The van der Waals surface area contributed by atoms with Crippen molar-refractivity contribution in [1.82, 2.24) is 15.4 Å². The third-order valence-electron chi connectivity index (χ3n) is 4.17. The van der Waals surface area contributed by atoms with Gasteiger partial charge in [-0.2, -0.15) is 11.8 Å². The Morgan fingerprint density at radius 3 is 3.21 bits per heavy atom. The summed E-state index contributed by atoms with van der Waals surface area (Å²) >= 11 is 1.99. The molecule has 3 rings (SSSR count). The molecule has 3 N–H and O–H groups in total. The van der Waals surface area contributed by atoms with Crippen molar-refractivity contribution in [3.8, 4) is 0 Å². The summed E-state index contributed by atoms with van der Waals surface area (Å²) in [7, 11) is 0. The van der Waals surface area contributed by atoms with Gasteiger partial charge in [-0.1, -0.05) is 0 Å². The number of aromatic nitrogens is 2. The molecule has 0 radical (unpaired) electrons. The molecular weight excluding hydrogens is 260 g/mol. The lowest BCUT2D eigenvalue weighted by molar-refractivity contribution is -0.0856. The molecule has 0 aromatic carbocycles. The predicted molar refractivity (Wildman–Crippen MR) is 75.4 cm³/mol. The van der Waals surface area contributed by atoms with Crippen LogP contribution in [0.4, 0.5) is 0 Å². The Balaban J connectivity index is 1.76. The normalized spacial score (nSPS) is 32.6. The summed E-state index contributed by atoms with van der Waals surface area (Å²) in [5.74, 6) is 8.57. The molecule has 0 amide bonds. The highest BCUT2D eigenvalue weighted by molar-refractivity contribution is 7.99. The van der Waals surface area contributed by atoms with Gasteiger partial charge in [-0.25, -0.2) is 9.97 Å². The molecule has 0 bridgehead atoms. The van der Waals surface area contributed by atoms with Gasteiger partial charge in [0.15, 0.2) is 0 Å². The number of nitrogens with two attached hydrogens (primary N) is 1. The fourth-order valence-electron chi connectivity index (χ4n) is 3.16. The number of hydrogen-bond acceptors (Lipinski definition) is 6. The van der Waals surface area contributed by atoms with Gasteiger partial charge in [0.25, 0.3) is 0 Å². The first-order valence-electron chi connectivity index (χ1n) is 6.77. The van der Waals surface area contributed by atoms with E-state index in [1.807, 2.05) is 17.8 Å². The summed E-state index contributed by atoms with van der Waals surface area (Å²) in [5.41, 5.74) is 4.00. The Morgan fingerprint density at radius 2 is 2.53 bits per heavy atom. The lowest BCUT2D eigenvalue weighted by Gasteiger charge is -2.40. The second-order valence-corrected chi connectivity index (χ2v) is 6.47. The van der Waals surface area contributed by atoms with E-state index in [-0.39, 0.29) is 11.6 Å². The fraction of sp³-hybridized carbons (Fsp3) is 0.692. The van der Waals surface area contributed by atoms with Crippen molar-refractivity contribution in [2.75, 3.05) is 18.1 Å². The van der Waals surface area contributed by atoms with Gasteiger partial charge in [0.05, 0.1) is 17.3 Å². The molecule has 3 heterocycles. The molecule has 2 aliphatic heterocycles. The van der Waals surface area contributed by atoms with E-state index in [1.165, 1.54) is 5.75 Å². The molecule has 104 valence electrons. The Labute approximate surface area is 117 Å². The minimum atomic E-state index is 0.0791. The van der Waals surface area contributed by atoms with Crippen LogP contribution in [0.15, 0.2) is 18.6 Å². The molecule has 1 spiro atoms. The van der Waals surface area contributed by atoms with Gasteiger partial charge in [0, 0.05) is 18.6 Å². The number of nitrogens with zero attached hydrogens (tertiary/aromatic N) is 2. The lowest BCUT2D eigenvalue weighted by atomic mass is 9.80. The fourth-order valence-corrected chi connectivity index (χ4v) is 4.54. The quantitative estimate of drug-likeness (QED) is 0.642. The van der Waals surface area contributed by atoms with Crippen LogP contribution in [0.25, 0.3) is 0 Å². The van der Waals surface area contributed by atoms with Crippen LogP contribution in [-0.2, 0) is 4.74 Å². The number of hydrogen-bond donors (Lipinski definition) is 2. The Kier molecular flexibility index (Phi) is 4.02. The summed E-state index contributed by atoms with van der Waals surface area (Å²) in [6, 6.07) is 2.03. The van der Waals surface area contributed by atoms with Crippen molar-refractivity contribution in [1.29, 1.82) is 0 Å². The van der Waals surface area contributed by atoms with E-state index in [4.69, 9.17) is 10.6 Å². The van der Waals surface area contributed by atoms with Crippen molar-refractivity contribution in [3.63, 3.8) is 0 Å². The molecule has 2 aliphatic rings. The molecule has 0 aliphatic carbocycles. The van der Waals surface area contributed by atoms with E-state index in [9.17, 15) is 0 Å². The third-order valence-corrected chi connectivity index (χ3v) is 5.40. The van der Waals surface area contributed by atoms with Gasteiger partial charge in [0.1, 0.15) is 6.33 Å². The highest BCUT2D eigenvalue weighted by Gasteiger charge is 2.42. The van der Waals surface area contributed by atoms with Crippen molar-refractivity contribution in [2.45, 2.75) is 30.9 Å². The lowest BCUT2D eigenvalue weighted by Crippen LogP contribution is -2.45. The van der Waals surface area contributed by atoms with Crippen LogP contribution < -0.4 is 11.3 Å². The SMILES string of the molecule is NNC(c1ccncn1)C1CCOC2(CCSC2)C1. The van der Waals surface area contributed by atoms with E-state index in [1.54, 1.807) is 12.5 Å². The minimum Gasteiger partial charge on any atom is -0.374 e. The molecule has 3 unspecified atom stereocenters. The van der Waals surface area contributed by atoms with Crippen LogP contribution in [0, 0.1) is 5.92 Å². The molecular formula is C13H20N4OS. The van der Waals surface area contributed by atoms with Crippen molar-refractivity contribution in [3.05, 3.63) is 24.3 Å². The maximum absolute atomic E-state index is 6.07. The molecule has 2 fully saturated rings. The van der Waals surface area contributed by atoms with Crippen molar-refractivity contribution < 1.29 is 4.74 Å². The Morgan fingerprint density at radius 1 is 1.58 bits per heavy atom. The second kappa shape index (κ2) is 5.75. The monoisotopic (exact) mass is 280 g/mol. The van der Waals surface area contributed by atoms with Crippen LogP contribution in [0.1, 0.15) is 31.0 Å². The molecule has 2 saturated heterocycles. The number of nitrogens with one attached hydrogen (secondary N) is 1. The van der Waals surface area contributed by atoms with Gasteiger partial charge >= 0.3 is 0 Å². The number of ether oxygens (including phenoxy) is 1. The Bertz CT molecular complexity index is 410. The zero-order chi connectivity index (χ0) is 13.1. The first-order chi connectivity index (χ1) is 9.33. The van der Waals surface area contributed by atoms with Crippen molar-refractivity contribution >= 4 is 11.8 Å². The van der Waals surface area contributed by atoms with Crippen LogP contribution in [0.2, 0.25) is 0 Å². The standard InChI is InChI=1S/C13H20N4OS/c14-17-12(11-1-4-15-9-16-11)10-2-5-18-13(7-10)3-6-19-8-13/h1,4,9-10,12,17H,2-3,5-8,14H2. The average molecular weight is 280 g/mol. The largest absolute Gasteiger partial charge is 0.374 e. The summed E-state index contributed by atoms with van der Waals surface area (Å²) in [6.07, 6.45) is 6.62. The molecule has 19 heavy (non-hydrogen) atoms. The average Bonchev–Trinajstić information content (AvgIpc) is 2.89. The van der Waals surface area contributed by atoms with Gasteiger partial charge in [-0.15, -0.1) is 0 Å². The van der Waals surface area contributed by atoms with Gasteiger partial charge in [0.2, 0.25) is 0 Å². The van der Waals surface area contributed by atoms with Crippen LogP contribution in [0.5, 0.6) is 0 Å². The van der Waals surface area contributed by atoms with Crippen LogP contribution in [0.3, 0.4) is 0 Å². The number of rotatable bonds is 3.